The lowest BCUT2D eigenvalue weighted by Crippen LogP contribution is -2.35. The van der Waals surface area contributed by atoms with Crippen molar-refractivity contribution in [2.45, 2.75) is 37.5 Å². The third-order valence-electron chi connectivity index (χ3n) is 5.14. The topological polar surface area (TPSA) is 102 Å². The number of ether oxygens (including phenoxy) is 2. The van der Waals surface area contributed by atoms with Gasteiger partial charge >= 0.3 is 5.97 Å². The molecule has 2 atom stereocenters. The van der Waals surface area contributed by atoms with Gasteiger partial charge in [0.15, 0.2) is 6.61 Å². The first kappa shape index (κ1) is 20.6. The lowest BCUT2D eigenvalue weighted by Gasteiger charge is -2.26. The molecule has 0 radical (unpaired) electrons. The third-order valence-corrected chi connectivity index (χ3v) is 7.06. The molecular weight excluding hydrogens is 384 g/mol. The first-order valence-corrected chi connectivity index (χ1v) is 10.9. The summed E-state index contributed by atoms with van der Waals surface area (Å²) in [6.07, 6.45) is 3.44. The van der Waals surface area contributed by atoms with Gasteiger partial charge in [0.1, 0.15) is 10.6 Å². The maximum Gasteiger partial charge on any atom is 0.309 e. The summed E-state index contributed by atoms with van der Waals surface area (Å²) in [6.45, 7) is 2.49. The van der Waals surface area contributed by atoms with E-state index in [-0.39, 0.29) is 22.5 Å². The Hall–Kier alpha value is -2.13. The smallest absolute Gasteiger partial charge is 0.309 e. The summed E-state index contributed by atoms with van der Waals surface area (Å²) in [5.74, 6) is -0.480. The zero-order valence-electron chi connectivity index (χ0n) is 16.1. The van der Waals surface area contributed by atoms with E-state index < -0.39 is 22.5 Å². The number of methoxy groups -OCH3 is 1. The molecule has 0 aromatic heterocycles. The van der Waals surface area contributed by atoms with E-state index in [1.807, 2.05) is 6.92 Å². The van der Waals surface area contributed by atoms with Crippen molar-refractivity contribution in [2.75, 3.05) is 32.1 Å². The van der Waals surface area contributed by atoms with Crippen LogP contribution in [0.1, 0.15) is 32.6 Å². The fourth-order valence-electron chi connectivity index (χ4n) is 3.29. The van der Waals surface area contributed by atoms with Gasteiger partial charge in [-0.1, -0.05) is 13.3 Å². The summed E-state index contributed by atoms with van der Waals surface area (Å²) < 4.78 is 37.7. The summed E-state index contributed by atoms with van der Waals surface area (Å²) in [6, 6.07) is 4.44. The van der Waals surface area contributed by atoms with E-state index in [4.69, 9.17) is 9.47 Å². The fraction of sp³-hybridized carbons (Fsp3) is 0.579. The van der Waals surface area contributed by atoms with E-state index >= 15 is 0 Å². The summed E-state index contributed by atoms with van der Waals surface area (Å²) in [4.78, 5) is 23.8. The van der Waals surface area contributed by atoms with Gasteiger partial charge < -0.3 is 14.8 Å². The van der Waals surface area contributed by atoms with Crippen molar-refractivity contribution in [3.63, 3.8) is 0 Å². The molecule has 1 aromatic rings. The largest absolute Gasteiger partial charge is 0.495 e. The highest BCUT2D eigenvalue weighted by Gasteiger charge is 2.40. The van der Waals surface area contributed by atoms with Gasteiger partial charge in [0.05, 0.1) is 13.0 Å². The number of carbonyl (C=O) groups excluding carboxylic acids is 2. The maximum absolute atomic E-state index is 13.0. The third kappa shape index (κ3) is 4.64. The molecule has 8 nitrogen and oxygen atoms in total. The van der Waals surface area contributed by atoms with Crippen LogP contribution in [-0.2, 0) is 24.3 Å². The van der Waals surface area contributed by atoms with Crippen molar-refractivity contribution >= 4 is 27.6 Å². The molecule has 1 aromatic carbocycles. The monoisotopic (exact) mass is 410 g/mol. The second kappa shape index (κ2) is 8.48. The standard InChI is InChI=1S/C19H26N2O6S/c1-13-10-15(13)19(23)27-12-18(22)20-14-6-7-16(26-2)17(11-14)28(24,25)21-8-4-3-5-9-21/h6-7,11,13,15H,3-5,8-10,12H2,1-2H3,(H,20,22)/t13-,15-/m1/s1. The van der Waals surface area contributed by atoms with Crippen LogP contribution in [-0.4, -0.2) is 51.4 Å². The number of hydrogen-bond donors (Lipinski definition) is 1. The molecule has 9 heteroatoms. The van der Waals surface area contributed by atoms with Crippen LogP contribution < -0.4 is 10.1 Å². The van der Waals surface area contributed by atoms with Crippen molar-refractivity contribution in [2.24, 2.45) is 11.8 Å². The van der Waals surface area contributed by atoms with Crippen LogP contribution in [0.15, 0.2) is 23.1 Å². The minimum Gasteiger partial charge on any atom is -0.495 e. The van der Waals surface area contributed by atoms with Crippen molar-refractivity contribution in [1.29, 1.82) is 0 Å². The zero-order chi connectivity index (χ0) is 20.3. The molecule has 0 unspecified atom stereocenters. The van der Waals surface area contributed by atoms with E-state index in [0.717, 1.165) is 25.7 Å². The number of benzene rings is 1. The van der Waals surface area contributed by atoms with Crippen molar-refractivity contribution < 1.29 is 27.5 Å². The first-order valence-electron chi connectivity index (χ1n) is 9.47. The molecule has 0 bridgehead atoms. The average Bonchev–Trinajstić information content (AvgIpc) is 3.43. The lowest BCUT2D eigenvalue weighted by atomic mass is 10.2. The molecule has 1 amide bonds. The molecule has 1 N–H and O–H groups in total. The van der Waals surface area contributed by atoms with Gasteiger partial charge in [-0.05, 0) is 43.4 Å². The van der Waals surface area contributed by atoms with Gasteiger partial charge in [0, 0.05) is 18.8 Å². The Balaban J connectivity index is 1.69. The second-order valence-electron chi connectivity index (χ2n) is 7.31. The predicted octanol–water partition coefficient (Wildman–Crippen LogP) is 2.01. The predicted molar refractivity (Wildman–Crippen MR) is 102 cm³/mol. The van der Waals surface area contributed by atoms with Gasteiger partial charge in [-0.25, -0.2) is 8.42 Å². The van der Waals surface area contributed by atoms with Crippen LogP contribution in [0.25, 0.3) is 0 Å². The highest BCUT2D eigenvalue weighted by atomic mass is 32.2. The van der Waals surface area contributed by atoms with Crippen molar-refractivity contribution in [1.82, 2.24) is 4.31 Å². The Labute approximate surface area is 165 Å². The van der Waals surface area contributed by atoms with E-state index in [0.29, 0.717) is 24.7 Å². The molecule has 1 aliphatic carbocycles. The second-order valence-corrected chi connectivity index (χ2v) is 9.21. The Morgan fingerprint density at radius 2 is 1.89 bits per heavy atom. The van der Waals surface area contributed by atoms with E-state index in [1.165, 1.54) is 23.5 Å². The van der Waals surface area contributed by atoms with Gasteiger partial charge in [-0.15, -0.1) is 0 Å². The first-order chi connectivity index (χ1) is 13.3. The van der Waals surface area contributed by atoms with E-state index in [9.17, 15) is 18.0 Å². The van der Waals surface area contributed by atoms with Gasteiger partial charge in [-0.2, -0.15) is 4.31 Å². The van der Waals surface area contributed by atoms with Crippen LogP contribution >= 0.6 is 0 Å². The molecule has 1 saturated carbocycles. The van der Waals surface area contributed by atoms with Crippen LogP contribution in [0, 0.1) is 11.8 Å². The quantitative estimate of drug-likeness (QED) is 0.690. The molecule has 154 valence electrons. The molecular formula is C19H26N2O6S. The SMILES string of the molecule is COc1ccc(NC(=O)COC(=O)[C@@H]2C[C@H]2C)cc1S(=O)(=O)N1CCCCC1. The number of nitrogens with zero attached hydrogens (tertiary/aromatic N) is 1. The number of piperidine rings is 1. The number of esters is 1. The fourth-order valence-corrected chi connectivity index (χ4v) is 4.99. The number of rotatable bonds is 7. The minimum atomic E-state index is -3.73. The molecule has 1 saturated heterocycles. The molecule has 28 heavy (non-hydrogen) atoms. The van der Waals surface area contributed by atoms with E-state index in [2.05, 4.69) is 5.32 Å². The lowest BCUT2D eigenvalue weighted by molar-refractivity contribution is -0.148. The molecule has 0 spiro atoms. The van der Waals surface area contributed by atoms with Gasteiger partial charge in [-0.3, -0.25) is 9.59 Å². The summed E-state index contributed by atoms with van der Waals surface area (Å²) in [5.41, 5.74) is 0.303. The minimum absolute atomic E-state index is 0.0125. The van der Waals surface area contributed by atoms with Crippen molar-refractivity contribution in [3.8, 4) is 5.75 Å². The Kier molecular flexibility index (Phi) is 6.24. The molecule has 1 heterocycles. The van der Waals surface area contributed by atoms with Gasteiger partial charge in [0.2, 0.25) is 10.0 Å². The van der Waals surface area contributed by atoms with E-state index in [1.54, 1.807) is 6.07 Å². The Morgan fingerprint density at radius 1 is 1.21 bits per heavy atom. The number of sulfonamides is 1. The molecule has 1 aliphatic heterocycles. The molecule has 2 aliphatic rings. The normalized spacial score (nSPS) is 22.4. The number of amides is 1. The van der Waals surface area contributed by atoms with Crippen LogP contribution in [0.3, 0.4) is 0 Å². The summed E-state index contributed by atoms with van der Waals surface area (Å²) in [5, 5.41) is 2.58. The molecule has 3 rings (SSSR count). The average molecular weight is 410 g/mol. The highest BCUT2D eigenvalue weighted by Crippen LogP contribution is 2.38. The Bertz CT molecular complexity index is 848. The number of anilines is 1. The molecule has 2 fully saturated rings. The Morgan fingerprint density at radius 3 is 2.50 bits per heavy atom. The summed E-state index contributed by atoms with van der Waals surface area (Å²) >= 11 is 0. The van der Waals surface area contributed by atoms with Gasteiger partial charge in [0.25, 0.3) is 5.91 Å². The highest BCUT2D eigenvalue weighted by molar-refractivity contribution is 7.89. The number of hydrogen-bond acceptors (Lipinski definition) is 6. The number of nitrogens with one attached hydrogen (secondary N) is 1. The maximum atomic E-state index is 13.0. The zero-order valence-corrected chi connectivity index (χ0v) is 17.0. The summed E-state index contributed by atoms with van der Waals surface area (Å²) in [7, 11) is -2.32. The van der Waals surface area contributed by atoms with Crippen LogP contribution in [0.5, 0.6) is 5.75 Å². The number of carbonyl (C=O) groups is 2. The van der Waals surface area contributed by atoms with Crippen LogP contribution in [0.4, 0.5) is 5.69 Å². The van der Waals surface area contributed by atoms with Crippen molar-refractivity contribution in [3.05, 3.63) is 18.2 Å². The van der Waals surface area contributed by atoms with Crippen LogP contribution in [0.2, 0.25) is 0 Å².